The van der Waals surface area contributed by atoms with Crippen LogP contribution in [0.25, 0.3) is 0 Å². The zero-order valence-corrected chi connectivity index (χ0v) is 9.95. The van der Waals surface area contributed by atoms with Crippen LogP contribution in [-0.4, -0.2) is 12.0 Å². The van der Waals surface area contributed by atoms with E-state index in [2.05, 4.69) is 15.9 Å². The normalized spacial score (nSPS) is 12.2. The first-order chi connectivity index (χ1) is 7.06. The summed E-state index contributed by atoms with van der Waals surface area (Å²) < 4.78 is 6.19. The van der Waals surface area contributed by atoms with Gasteiger partial charge in [0, 0.05) is 12.1 Å². The quantitative estimate of drug-likeness (QED) is 0.864. The number of rotatable bonds is 4. The van der Waals surface area contributed by atoms with Gasteiger partial charge in [-0.15, -0.1) is 0 Å². The molecule has 1 aromatic carbocycles. The molecule has 0 aliphatic carbocycles. The minimum atomic E-state index is -0.672. The highest BCUT2D eigenvalue weighted by molar-refractivity contribution is 9.10. The lowest BCUT2D eigenvalue weighted by atomic mass is 10.2. The van der Waals surface area contributed by atoms with Crippen molar-refractivity contribution in [1.82, 2.24) is 0 Å². The third kappa shape index (κ3) is 2.94. The fraction of sp³-hybridized carbons (Fsp3) is 0.300. The molecule has 82 valence electrons. The third-order valence-corrected chi connectivity index (χ3v) is 2.59. The summed E-state index contributed by atoms with van der Waals surface area (Å²) in [7, 11) is 0. The average molecular weight is 273 g/mol. The largest absolute Gasteiger partial charge is 0.479 e. The Balaban J connectivity index is 2.97. The van der Waals surface area contributed by atoms with Crippen LogP contribution in [0, 0.1) is 0 Å². The lowest BCUT2D eigenvalue weighted by Crippen LogP contribution is -2.31. The van der Waals surface area contributed by atoms with Gasteiger partial charge in [-0.3, -0.25) is 4.79 Å². The number of primary amides is 1. The number of halogens is 1. The maximum absolute atomic E-state index is 10.9. The molecule has 1 aromatic rings. The number of amides is 1. The molecule has 0 spiro atoms. The van der Waals surface area contributed by atoms with Crippen LogP contribution >= 0.6 is 15.9 Å². The van der Waals surface area contributed by atoms with Crippen LogP contribution in [0.4, 0.5) is 0 Å². The minimum Gasteiger partial charge on any atom is -0.479 e. The van der Waals surface area contributed by atoms with Crippen molar-refractivity contribution in [2.45, 2.75) is 19.6 Å². The first-order valence-corrected chi connectivity index (χ1v) is 5.29. The number of hydrogen-bond donors (Lipinski definition) is 2. The first-order valence-electron chi connectivity index (χ1n) is 4.49. The molecule has 0 saturated carbocycles. The van der Waals surface area contributed by atoms with Gasteiger partial charge in [0.25, 0.3) is 5.91 Å². The highest BCUT2D eigenvalue weighted by Crippen LogP contribution is 2.29. The van der Waals surface area contributed by atoms with Crippen molar-refractivity contribution < 1.29 is 9.53 Å². The Hall–Kier alpha value is -1.07. The molecule has 1 atom stereocenters. The molecule has 4 nitrogen and oxygen atoms in total. The Bertz CT molecular complexity index is 368. The van der Waals surface area contributed by atoms with Crippen molar-refractivity contribution in [3.05, 3.63) is 28.2 Å². The molecule has 0 aliphatic heterocycles. The van der Waals surface area contributed by atoms with Crippen LogP contribution in [0.1, 0.15) is 12.5 Å². The van der Waals surface area contributed by atoms with E-state index >= 15 is 0 Å². The van der Waals surface area contributed by atoms with E-state index in [0.717, 1.165) is 10.0 Å². The zero-order valence-electron chi connectivity index (χ0n) is 8.37. The minimum absolute atomic E-state index is 0.347. The molecule has 0 fully saturated rings. The summed E-state index contributed by atoms with van der Waals surface area (Å²) in [5.41, 5.74) is 11.5. The number of para-hydroxylation sites is 1. The summed E-state index contributed by atoms with van der Waals surface area (Å²) in [6, 6.07) is 5.52. The molecular formula is C10H13BrN2O2. The second kappa shape index (κ2) is 5.14. The number of carbonyl (C=O) groups is 1. The molecule has 4 N–H and O–H groups in total. The predicted molar refractivity (Wildman–Crippen MR) is 61.3 cm³/mol. The fourth-order valence-corrected chi connectivity index (χ4v) is 1.58. The van der Waals surface area contributed by atoms with Gasteiger partial charge in [-0.1, -0.05) is 12.1 Å². The van der Waals surface area contributed by atoms with Gasteiger partial charge in [-0.05, 0) is 28.9 Å². The Morgan fingerprint density at radius 2 is 2.27 bits per heavy atom. The van der Waals surface area contributed by atoms with E-state index in [1.807, 2.05) is 18.2 Å². The van der Waals surface area contributed by atoms with Crippen molar-refractivity contribution in [3.63, 3.8) is 0 Å². The SMILES string of the molecule is CC(Oc1c(Br)cccc1CN)C(N)=O. The molecule has 0 radical (unpaired) electrons. The molecule has 1 unspecified atom stereocenters. The molecule has 0 heterocycles. The number of carbonyl (C=O) groups excluding carboxylic acids is 1. The van der Waals surface area contributed by atoms with E-state index in [-0.39, 0.29) is 0 Å². The fourth-order valence-electron chi connectivity index (χ4n) is 1.08. The van der Waals surface area contributed by atoms with E-state index in [9.17, 15) is 4.79 Å². The van der Waals surface area contributed by atoms with Gasteiger partial charge >= 0.3 is 0 Å². The number of hydrogen-bond acceptors (Lipinski definition) is 3. The Labute approximate surface area is 96.7 Å². The van der Waals surface area contributed by atoms with Gasteiger partial charge in [0.2, 0.25) is 0 Å². The van der Waals surface area contributed by atoms with Crippen LogP contribution in [0.2, 0.25) is 0 Å². The van der Waals surface area contributed by atoms with Gasteiger partial charge in [0.1, 0.15) is 5.75 Å². The number of benzene rings is 1. The van der Waals surface area contributed by atoms with Gasteiger partial charge in [0.05, 0.1) is 4.47 Å². The number of nitrogens with two attached hydrogens (primary N) is 2. The van der Waals surface area contributed by atoms with Gasteiger partial charge in [0.15, 0.2) is 6.10 Å². The molecule has 0 aromatic heterocycles. The van der Waals surface area contributed by atoms with Crippen molar-refractivity contribution in [2.24, 2.45) is 11.5 Å². The second-order valence-electron chi connectivity index (χ2n) is 3.09. The summed E-state index contributed by atoms with van der Waals surface area (Å²) in [6.45, 7) is 1.95. The van der Waals surface area contributed by atoms with Crippen LogP contribution < -0.4 is 16.2 Å². The van der Waals surface area contributed by atoms with E-state index in [0.29, 0.717) is 12.3 Å². The predicted octanol–water partition coefficient (Wildman–Crippen LogP) is 1.16. The maximum Gasteiger partial charge on any atom is 0.258 e. The highest BCUT2D eigenvalue weighted by Gasteiger charge is 2.14. The van der Waals surface area contributed by atoms with Crippen molar-refractivity contribution in [1.29, 1.82) is 0 Å². The van der Waals surface area contributed by atoms with Gasteiger partial charge in [-0.2, -0.15) is 0 Å². The summed E-state index contributed by atoms with van der Waals surface area (Å²) in [4.78, 5) is 10.9. The summed E-state index contributed by atoms with van der Waals surface area (Å²) in [6.07, 6.45) is -0.672. The van der Waals surface area contributed by atoms with Crippen LogP contribution in [0.3, 0.4) is 0 Å². The Kier molecular flexibility index (Phi) is 4.11. The molecule has 0 aliphatic rings. The summed E-state index contributed by atoms with van der Waals surface area (Å²) in [5.74, 6) is 0.0695. The molecule has 0 saturated heterocycles. The lowest BCUT2D eigenvalue weighted by Gasteiger charge is -2.15. The molecular weight excluding hydrogens is 260 g/mol. The first kappa shape index (κ1) is 12.0. The second-order valence-corrected chi connectivity index (χ2v) is 3.95. The van der Waals surface area contributed by atoms with Gasteiger partial charge in [-0.25, -0.2) is 0 Å². The highest BCUT2D eigenvalue weighted by atomic mass is 79.9. The van der Waals surface area contributed by atoms with Crippen LogP contribution in [0.15, 0.2) is 22.7 Å². The molecule has 1 amide bonds. The maximum atomic E-state index is 10.9. The monoisotopic (exact) mass is 272 g/mol. The Morgan fingerprint density at radius 3 is 2.80 bits per heavy atom. The molecule has 15 heavy (non-hydrogen) atoms. The molecule has 1 rings (SSSR count). The molecule has 0 bridgehead atoms. The van der Waals surface area contributed by atoms with E-state index < -0.39 is 12.0 Å². The summed E-state index contributed by atoms with van der Waals surface area (Å²) >= 11 is 3.33. The summed E-state index contributed by atoms with van der Waals surface area (Å²) in [5, 5.41) is 0. The van der Waals surface area contributed by atoms with E-state index in [1.54, 1.807) is 6.92 Å². The van der Waals surface area contributed by atoms with E-state index in [1.165, 1.54) is 0 Å². The average Bonchev–Trinajstić information content (AvgIpc) is 2.20. The smallest absolute Gasteiger partial charge is 0.258 e. The standard InChI is InChI=1S/C10H13BrN2O2/c1-6(10(13)14)15-9-7(5-12)3-2-4-8(9)11/h2-4,6H,5,12H2,1H3,(H2,13,14). The molecule has 5 heteroatoms. The lowest BCUT2D eigenvalue weighted by molar-refractivity contribution is -0.124. The van der Waals surface area contributed by atoms with E-state index in [4.69, 9.17) is 16.2 Å². The van der Waals surface area contributed by atoms with Crippen LogP contribution in [0.5, 0.6) is 5.75 Å². The zero-order chi connectivity index (χ0) is 11.4. The van der Waals surface area contributed by atoms with Crippen molar-refractivity contribution in [2.75, 3.05) is 0 Å². The van der Waals surface area contributed by atoms with Crippen molar-refractivity contribution >= 4 is 21.8 Å². The third-order valence-electron chi connectivity index (χ3n) is 1.96. The van der Waals surface area contributed by atoms with Gasteiger partial charge < -0.3 is 16.2 Å². The topological polar surface area (TPSA) is 78.3 Å². The van der Waals surface area contributed by atoms with Crippen LogP contribution in [-0.2, 0) is 11.3 Å². The van der Waals surface area contributed by atoms with Crippen molar-refractivity contribution in [3.8, 4) is 5.75 Å². The Morgan fingerprint density at radius 1 is 1.60 bits per heavy atom. The number of ether oxygens (including phenoxy) is 1.